The highest BCUT2D eigenvalue weighted by atomic mass is 32.1. The molecule has 3 rings (SSSR count). The molecule has 23 heavy (non-hydrogen) atoms. The van der Waals surface area contributed by atoms with Crippen molar-refractivity contribution in [3.8, 4) is 0 Å². The highest BCUT2D eigenvalue weighted by Crippen LogP contribution is 2.38. The van der Waals surface area contributed by atoms with E-state index in [9.17, 15) is 9.90 Å². The van der Waals surface area contributed by atoms with Crippen molar-refractivity contribution < 1.29 is 9.90 Å². The van der Waals surface area contributed by atoms with Gasteiger partial charge in [-0.15, -0.1) is 11.3 Å². The fourth-order valence-electron chi connectivity index (χ4n) is 3.01. The zero-order chi connectivity index (χ0) is 16.4. The number of hydrogen-bond acceptors (Lipinski definition) is 5. The van der Waals surface area contributed by atoms with Gasteiger partial charge in [-0.3, -0.25) is 9.48 Å². The second kappa shape index (κ2) is 6.80. The lowest BCUT2D eigenvalue weighted by Gasteiger charge is -2.37. The van der Waals surface area contributed by atoms with Crippen molar-refractivity contribution in [2.45, 2.75) is 44.8 Å². The van der Waals surface area contributed by atoms with Crippen LogP contribution in [0.25, 0.3) is 0 Å². The average molecular weight is 334 g/mol. The highest BCUT2D eigenvalue weighted by molar-refractivity contribution is 7.09. The van der Waals surface area contributed by atoms with E-state index in [0.717, 1.165) is 35.4 Å². The number of carbonyl (C=O) groups is 1. The van der Waals surface area contributed by atoms with Crippen molar-refractivity contribution in [1.29, 1.82) is 0 Å². The third-order valence-electron chi connectivity index (χ3n) is 4.45. The van der Waals surface area contributed by atoms with Crippen LogP contribution < -0.4 is 5.32 Å². The fourth-order valence-corrected chi connectivity index (χ4v) is 3.80. The van der Waals surface area contributed by atoms with Gasteiger partial charge in [0.05, 0.1) is 29.5 Å². The van der Waals surface area contributed by atoms with Gasteiger partial charge < -0.3 is 10.4 Å². The predicted molar refractivity (Wildman–Crippen MR) is 88.0 cm³/mol. The third kappa shape index (κ3) is 3.79. The molecule has 1 amide bonds. The first-order valence-electron chi connectivity index (χ1n) is 7.88. The van der Waals surface area contributed by atoms with Gasteiger partial charge in [-0.25, -0.2) is 4.98 Å². The molecule has 2 aromatic heterocycles. The molecular formula is C16H22N4O2S. The van der Waals surface area contributed by atoms with Crippen LogP contribution in [0, 0.1) is 12.8 Å². The number of aliphatic hydroxyl groups is 1. The first-order valence-corrected chi connectivity index (χ1v) is 8.76. The number of rotatable bonds is 6. The molecule has 1 saturated carbocycles. The Balaban J connectivity index is 1.61. The summed E-state index contributed by atoms with van der Waals surface area (Å²) < 4.78 is 1.74. The molecule has 0 spiro atoms. The normalized spacial score (nSPS) is 21.7. The lowest BCUT2D eigenvalue weighted by molar-refractivity contribution is -0.123. The highest BCUT2D eigenvalue weighted by Gasteiger charge is 2.36. The minimum absolute atomic E-state index is 0.0352. The SMILES string of the molecule is Cc1ncsc1CCC(=O)N[C@@H](c1cnn(C)c1)C1CC(O)C1. The van der Waals surface area contributed by atoms with Crippen LogP contribution in [0.5, 0.6) is 0 Å². The van der Waals surface area contributed by atoms with Gasteiger partial charge in [0.15, 0.2) is 0 Å². The van der Waals surface area contributed by atoms with E-state index >= 15 is 0 Å². The monoisotopic (exact) mass is 334 g/mol. The van der Waals surface area contributed by atoms with Crippen LogP contribution in [0.4, 0.5) is 0 Å². The smallest absolute Gasteiger partial charge is 0.220 e. The molecule has 1 aliphatic rings. The van der Waals surface area contributed by atoms with Crippen LogP contribution in [-0.4, -0.2) is 31.9 Å². The Morgan fingerprint density at radius 3 is 2.91 bits per heavy atom. The summed E-state index contributed by atoms with van der Waals surface area (Å²) >= 11 is 1.59. The van der Waals surface area contributed by atoms with Crippen LogP contribution in [0.3, 0.4) is 0 Å². The van der Waals surface area contributed by atoms with Gasteiger partial charge in [0.1, 0.15) is 0 Å². The van der Waals surface area contributed by atoms with Gasteiger partial charge in [0.2, 0.25) is 5.91 Å². The molecule has 0 unspecified atom stereocenters. The first kappa shape index (κ1) is 16.1. The van der Waals surface area contributed by atoms with Gasteiger partial charge in [-0.05, 0) is 32.1 Å². The maximum absolute atomic E-state index is 12.3. The van der Waals surface area contributed by atoms with Crippen molar-refractivity contribution >= 4 is 17.2 Å². The standard InChI is InChI=1S/C16H22N4O2S/c1-10-14(23-9-17-10)3-4-15(22)19-16(11-5-13(21)6-11)12-7-18-20(2)8-12/h7-9,11,13,16,21H,3-6H2,1-2H3,(H,19,22)/t11?,13?,16-/m1/s1. The third-order valence-corrected chi connectivity index (χ3v) is 5.44. The lowest BCUT2D eigenvalue weighted by atomic mass is 9.75. The van der Waals surface area contributed by atoms with Crippen molar-refractivity contribution in [1.82, 2.24) is 20.1 Å². The van der Waals surface area contributed by atoms with E-state index in [1.165, 1.54) is 0 Å². The number of aromatic nitrogens is 3. The van der Waals surface area contributed by atoms with Crippen molar-refractivity contribution in [3.63, 3.8) is 0 Å². The Morgan fingerprint density at radius 2 is 2.35 bits per heavy atom. The largest absolute Gasteiger partial charge is 0.393 e. The average Bonchev–Trinajstić information content (AvgIpc) is 3.08. The molecule has 124 valence electrons. The van der Waals surface area contributed by atoms with Gasteiger partial charge in [-0.2, -0.15) is 5.10 Å². The molecule has 1 fully saturated rings. The molecule has 0 radical (unpaired) electrons. The molecule has 2 N–H and O–H groups in total. The summed E-state index contributed by atoms with van der Waals surface area (Å²) in [4.78, 5) is 17.7. The topological polar surface area (TPSA) is 80.0 Å². The molecule has 0 aromatic carbocycles. The van der Waals surface area contributed by atoms with E-state index in [0.29, 0.717) is 6.42 Å². The number of thiazole rings is 1. The molecule has 0 bridgehead atoms. The van der Waals surface area contributed by atoms with E-state index < -0.39 is 0 Å². The molecule has 2 heterocycles. The zero-order valence-electron chi connectivity index (χ0n) is 13.4. The fraction of sp³-hybridized carbons (Fsp3) is 0.562. The molecule has 7 heteroatoms. The Labute approximate surface area is 139 Å². The quantitative estimate of drug-likeness (QED) is 0.843. The first-order chi connectivity index (χ1) is 11.0. The number of aryl methyl sites for hydroxylation is 3. The summed E-state index contributed by atoms with van der Waals surface area (Å²) in [5, 5.41) is 16.9. The summed E-state index contributed by atoms with van der Waals surface area (Å²) in [6.07, 6.45) is 6.12. The Bertz CT molecular complexity index is 675. The minimum atomic E-state index is -0.240. The predicted octanol–water partition coefficient (Wildman–Crippen LogP) is 1.75. The number of nitrogens with zero attached hydrogens (tertiary/aromatic N) is 3. The molecule has 1 aliphatic carbocycles. The van der Waals surface area contributed by atoms with Gasteiger partial charge in [0.25, 0.3) is 0 Å². The second-order valence-electron chi connectivity index (χ2n) is 6.24. The summed E-state index contributed by atoms with van der Waals surface area (Å²) in [7, 11) is 1.87. The number of aliphatic hydroxyl groups excluding tert-OH is 1. The number of nitrogens with one attached hydrogen (secondary N) is 1. The lowest BCUT2D eigenvalue weighted by Crippen LogP contribution is -2.41. The second-order valence-corrected chi connectivity index (χ2v) is 7.18. The molecule has 0 aliphatic heterocycles. The molecular weight excluding hydrogens is 312 g/mol. The van der Waals surface area contributed by atoms with Crippen molar-refractivity contribution in [2.24, 2.45) is 13.0 Å². The number of amides is 1. The molecule has 2 aromatic rings. The summed E-state index contributed by atoms with van der Waals surface area (Å²) in [5.41, 5.74) is 3.83. The Kier molecular flexibility index (Phi) is 4.77. The summed E-state index contributed by atoms with van der Waals surface area (Å²) in [5.74, 6) is 0.316. The minimum Gasteiger partial charge on any atom is -0.393 e. The van der Waals surface area contributed by atoms with Crippen LogP contribution in [0.1, 0.15) is 41.4 Å². The zero-order valence-corrected chi connectivity index (χ0v) is 14.2. The van der Waals surface area contributed by atoms with E-state index in [2.05, 4.69) is 15.4 Å². The maximum atomic E-state index is 12.3. The van der Waals surface area contributed by atoms with Crippen molar-refractivity contribution in [2.75, 3.05) is 0 Å². The van der Waals surface area contributed by atoms with Gasteiger partial charge >= 0.3 is 0 Å². The van der Waals surface area contributed by atoms with Crippen LogP contribution in [0.15, 0.2) is 17.9 Å². The van der Waals surface area contributed by atoms with E-state index in [1.807, 2.05) is 25.7 Å². The van der Waals surface area contributed by atoms with Crippen LogP contribution >= 0.6 is 11.3 Å². The van der Waals surface area contributed by atoms with E-state index in [4.69, 9.17) is 0 Å². The van der Waals surface area contributed by atoms with E-state index in [-0.39, 0.29) is 24.0 Å². The molecule has 6 nitrogen and oxygen atoms in total. The van der Waals surface area contributed by atoms with Crippen LogP contribution in [0.2, 0.25) is 0 Å². The summed E-state index contributed by atoms with van der Waals surface area (Å²) in [6.45, 7) is 1.97. The molecule has 1 atom stereocenters. The van der Waals surface area contributed by atoms with Gasteiger partial charge in [0, 0.05) is 30.1 Å². The summed E-state index contributed by atoms with van der Waals surface area (Å²) in [6, 6.07) is -0.0674. The number of hydrogen-bond donors (Lipinski definition) is 2. The Morgan fingerprint density at radius 1 is 1.57 bits per heavy atom. The maximum Gasteiger partial charge on any atom is 0.220 e. The van der Waals surface area contributed by atoms with Crippen LogP contribution in [-0.2, 0) is 18.3 Å². The Hall–Kier alpha value is -1.73. The molecule has 0 saturated heterocycles. The number of carbonyl (C=O) groups excluding carboxylic acids is 1. The van der Waals surface area contributed by atoms with E-state index in [1.54, 1.807) is 22.2 Å². The van der Waals surface area contributed by atoms with Crippen molar-refractivity contribution in [3.05, 3.63) is 34.0 Å². The van der Waals surface area contributed by atoms with Gasteiger partial charge in [-0.1, -0.05) is 0 Å².